The number of hydrogen-bond donors (Lipinski definition) is 1. The Morgan fingerprint density at radius 2 is 1.10 bits per heavy atom. The van der Waals surface area contributed by atoms with Gasteiger partial charge in [0.15, 0.2) is 0 Å². The minimum absolute atomic E-state index is 0.0318. The highest BCUT2D eigenvalue weighted by Crippen LogP contribution is 2.36. The molecule has 48 heavy (non-hydrogen) atoms. The number of ether oxygens (including phenoxy) is 3. The third-order valence-corrected chi connectivity index (χ3v) is 6.76. The summed E-state index contributed by atoms with van der Waals surface area (Å²) in [5.41, 5.74) is -2.64. The van der Waals surface area contributed by atoms with Crippen LogP contribution in [0.1, 0.15) is 49.9 Å². The van der Waals surface area contributed by atoms with Crippen LogP contribution >= 0.6 is 23.2 Å². The van der Waals surface area contributed by atoms with E-state index in [1.807, 2.05) is 0 Å². The maximum Gasteiger partial charge on any atom is 0.416 e. The molecule has 0 aliphatic carbocycles. The summed E-state index contributed by atoms with van der Waals surface area (Å²) in [6.45, 7) is 0.998. The number of hydrogen-bond acceptors (Lipinski definition) is 5. The van der Waals surface area contributed by atoms with Crippen molar-refractivity contribution < 1.29 is 64.0 Å². The largest absolute Gasteiger partial charge is 0.487 e. The molecule has 0 saturated heterocycles. The summed E-state index contributed by atoms with van der Waals surface area (Å²) in [7, 11) is 0. The Morgan fingerprint density at radius 1 is 0.688 bits per heavy atom. The fraction of sp³-hybridized carbons (Fsp3) is 0.188. The number of esters is 1. The standard InChI is InChI=1S/C17H13ClF4O3.C15H9ClF4O3/c1-2-24-16(23)12-5-3-4-10(15(12)19)9-25-14-7-6-11(8-13(14)18)17(20,21)22;16-11-6-9(15(18,19)20)4-5-12(11)23-7-8-2-1-3-10(13(8)17)14(21)22/h3-8H,2,9H2,1H3;1-6H,7H2,(H,21,22). The predicted molar refractivity (Wildman–Crippen MR) is 157 cm³/mol. The van der Waals surface area contributed by atoms with Crippen LogP contribution in [0.5, 0.6) is 11.5 Å². The molecule has 16 heteroatoms. The van der Waals surface area contributed by atoms with E-state index in [0.29, 0.717) is 6.07 Å². The summed E-state index contributed by atoms with van der Waals surface area (Å²) < 4.78 is 119. The Kier molecular flexibility index (Phi) is 12.7. The fourth-order valence-electron chi connectivity index (χ4n) is 3.81. The van der Waals surface area contributed by atoms with Crippen molar-refractivity contribution in [3.8, 4) is 11.5 Å². The average Bonchev–Trinajstić information content (AvgIpc) is 3.00. The van der Waals surface area contributed by atoms with Crippen LogP contribution in [0.2, 0.25) is 10.0 Å². The van der Waals surface area contributed by atoms with Crippen LogP contribution in [0.15, 0.2) is 72.8 Å². The molecule has 0 saturated carbocycles. The third kappa shape index (κ3) is 9.97. The Hall–Kier alpha value is -4.56. The van der Waals surface area contributed by atoms with E-state index in [1.165, 1.54) is 30.3 Å². The van der Waals surface area contributed by atoms with Gasteiger partial charge in [0.25, 0.3) is 0 Å². The van der Waals surface area contributed by atoms with Crippen molar-refractivity contribution in [1.82, 2.24) is 0 Å². The maximum absolute atomic E-state index is 14.3. The Balaban J connectivity index is 0.000000261. The molecule has 0 aromatic heterocycles. The first-order valence-electron chi connectivity index (χ1n) is 13.4. The van der Waals surface area contributed by atoms with Crippen molar-refractivity contribution in [3.63, 3.8) is 0 Å². The van der Waals surface area contributed by atoms with Gasteiger partial charge in [-0.25, -0.2) is 18.4 Å². The highest BCUT2D eigenvalue weighted by molar-refractivity contribution is 6.32. The van der Waals surface area contributed by atoms with E-state index in [9.17, 15) is 44.7 Å². The number of rotatable bonds is 9. The fourth-order valence-corrected chi connectivity index (χ4v) is 4.28. The minimum atomic E-state index is -4.54. The lowest BCUT2D eigenvalue weighted by Gasteiger charge is -2.12. The van der Waals surface area contributed by atoms with E-state index in [2.05, 4.69) is 0 Å². The topological polar surface area (TPSA) is 82.1 Å². The van der Waals surface area contributed by atoms with E-state index in [1.54, 1.807) is 6.92 Å². The first-order chi connectivity index (χ1) is 22.4. The lowest BCUT2D eigenvalue weighted by atomic mass is 10.1. The van der Waals surface area contributed by atoms with Gasteiger partial charge < -0.3 is 19.3 Å². The van der Waals surface area contributed by atoms with Gasteiger partial charge in [0.05, 0.1) is 38.9 Å². The molecule has 0 aliphatic rings. The molecule has 4 rings (SSSR count). The van der Waals surface area contributed by atoms with Crippen molar-refractivity contribution in [3.05, 3.63) is 128 Å². The molecule has 0 amide bonds. The molecule has 256 valence electrons. The SMILES string of the molecule is CCOC(=O)c1cccc(COc2ccc(C(F)(F)F)cc2Cl)c1F.O=C(O)c1cccc(COc2ccc(C(F)(F)F)cc2Cl)c1F. The number of carboxylic acid groups (broad SMARTS) is 1. The molecular formula is C32H22Cl2F8O6. The van der Waals surface area contributed by atoms with Gasteiger partial charge in [-0.1, -0.05) is 47.5 Å². The molecule has 1 N–H and O–H groups in total. The van der Waals surface area contributed by atoms with Crippen molar-refractivity contribution in [2.24, 2.45) is 0 Å². The molecule has 0 spiro atoms. The van der Waals surface area contributed by atoms with Crippen LogP contribution in [0.4, 0.5) is 35.1 Å². The predicted octanol–water partition coefficient (Wildman–Crippen LogP) is 10.0. The number of carbonyl (C=O) groups excluding carboxylic acids is 1. The lowest BCUT2D eigenvalue weighted by Crippen LogP contribution is -2.10. The summed E-state index contributed by atoms with van der Waals surface area (Å²) in [5, 5.41) is 8.28. The zero-order chi connectivity index (χ0) is 35.8. The molecule has 0 radical (unpaired) electrons. The first kappa shape index (κ1) is 37.9. The Labute approximate surface area is 277 Å². The molecule has 6 nitrogen and oxygen atoms in total. The van der Waals surface area contributed by atoms with Crippen molar-refractivity contribution >= 4 is 35.1 Å². The quantitative estimate of drug-likeness (QED) is 0.137. The highest BCUT2D eigenvalue weighted by atomic mass is 35.5. The summed E-state index contributed by atoms with van der Waals surface area (Å²) in [6, 6.07) is 12.9. The zero-order valence-electron chi connectivity index (χ0n) is 24.3. The normalized spacial score (nSPS) is 11.3. The van der Waals surface area contributed by atoms with Crippen molar-refractivity contribution in [2.75, 3.05) is 6.61 Å². The Bertz CT molecular complexity index is 1780. The third-order valence-electron chi connectivity index (χ3n) is 6.17. The molecular weight excluding hydrogens is 703 g/mol. The molecule has 0 heterocycles. The van der Waals surface area contributed by atoms with Gasteiger partial charge in [-0.2, -0.15) is 26.3 Å². The second-order valence-corrected chi connectivity index (χ2v) is 10.3. The molecule has 0 atom stereocenters. The molecule has 4 aromatic rings. The summed E-state index contributed by atoms with van der Waals surface area (Å²) >= 11 is 11.5. The first-order valence-corrected chi connectivity index (χ1v) is 14.1. The summed E-state index contributed by atoms with van der Waals surface area (Å²) in [6.07, 6.45) is -9.06. The summed E-state index contributed by atoms with van der Waals surface area (Å²) in [4.78, 5) is 22.5. The van der Waals surface area contributed by atoms with Crippen LogP contribution in [-0.2, 0) is 30.3 Å². The van der Waals surface area contributed by atoms with Crippen LogP contribution in [0.25, 0.3) is 0 Å². The van der Waals surface area contributed by atoms with Gasteiger partial charge >= 0.3 is 24.3 Å². The van der Waals surface area contributed by atoms with E-state index in [-0.39, 0.29) is 58.1 Å². The lowest BCUT2D eigenvalue weighted by molar-refractivity contribution is -0.138. The second-order valence-electron chi connectivity index (χ2n) is 9.45. The maximum atomic E-state index is 14.3. The van der Waals surface area contributed by atoms with Gasteiger partial charge in [0.1, 0.15) is 36.3 Å². The van der Waals surface area contributed by atoms with Gasteiger partial charge in [-0.15, -0.1) is 0 Å². The number of carboxylic acids is 1. The van der Waals surface area contributed by atoms with Crippen LogP contribution in [0, 0.1) is 11.6 Å². The van der Waals surface area contributed by atoms with Gasteiger partial charge in [-0.3, -0.25) is 0 Å². The van der Waals surface area contributed by atoms with Crippen LogP contribution < -0.4 is 9.47 Å². The molecule has 0 fully saturated rings. The van der Waals surface area contributed by atoms with Gasteiger partial charge in [-0.05, 0) is 55.5 Å². The number of aromatic carboxylic acids is 1. The minimum Gasteiger partial charge on any atom is -0.487 e. The van der Waals surface area contributed by atoms with E-state index in [4.69, 9.17) is 42.5 Å². The molecule has 0 aliphatic heterocycles. The van der Waals surface area contributed by atoms with Gasteiger partial charge in [0, 0.05) is 11.1 Å². The van der Waals surface area contributed by atoms with Crippen molar-refractivity contribution in [1.29, 1.82) is 0 Å². The summed E-state index contributed by atoms with van der Waals surface area (Å²) in [5.74, 6) is -4.13. The number of benzene rings is 4. The Morgan fingerprint density at radius 3 is 1.48 bits per heavy atom. The average molecular weight is 725 g/mol. The zero-order valence-corrected chi connectivity index (χ0v) is 25.8. The van der Waals surface area contributed by atoms with Crippen LogP contribution in [-0.4, -0.2) is 23.7 Å². The van der Waals surface area contributed by atoms with E-state index < -0.39 is 52.6 Å². The van der Waals surface area contributed by atoms with E-state index >= 15 is 0 Å². The molecule has 0 bridgehead atoms. The second kappa shape index (κ2) is 16.0. The number of halogens is 10. The molecule has 4 aromatic carbocycles. The van der Waals surface area contributed by atoms with Crippen molar-refractivity contribution in [2.45, 2.75) is 32.5 Å². The van der Waals surface area contributed by atoms with Crippen LogP contribution in [0.3, 0.4) is 0 Å². The number of carbonyl (C=O) groups is 2. The smallest absolute Gasteiger partial charge is 0.416 e. The highest BCUT2D eigenvalue weighted by Gasteiger charge is 2.32. The monoisotopic (exact) mass is 724 g/mol. The number of alkyl halides is 6. The van der Waals surface area contributed by atoms with E-state index in [0.717, 1.165) is 36.4 Å². The molecule has 0 unspecified atom stereocenters. The van der Waals surface area contributed by atoms with Gasteiger partial charge in [0.2, 0.25) is 0 Å².